The number of hydrogen-bond acceptors (Lipinski definition) is 2. The maximum atomic E-state index is 10.0. The molecular formula is C6H11NO2. The predicted octanol–water partition coefficient (Wildman–Crippen LogP) is 1.14. The van der Waals surface area contributed by atoms with Gasteiger partial charge in [-0.25, -0.2) is 4.79 Å². The zero-order valence-corrected chi connectivity index (χ0v) is 5.64. The minimum atomic E-state index is -1.11. The van der Waals surface area contributed by atoms with Crippen molar-refractivity contribution in [1.82, 2.24) is 0 Å². The molecule has 0 aliphatic rings. The summed E-state index contributed by atoms with van der Waals surface area (Å²) in [6.45, 7) is 3.77. The van der Waals surface area contributed by atoms with Crippen LogP contribution in [0, 0.1) is 11.3 Å². The Morgan fingerprint density at radius 2 is 2.11 bits per heavy atom. The van der Waals surface area contributed by atoms with E-state index in [9.17, 15) is 4.79 Å². The SMILES string of the molecule is CC(C)CC(=N)C(=O)O. The fraction of sp³-hybridized carbons (Fsp3) is 0.667. The first-order valence-electron chi connectivity index (χ1n) is 2.84. The quantitative estimate of drug-likeness (QED) is 0.561. The van der Waals surface area contributed by atoms with Crippen LogP contribution >= 0.6 is 0 Å². The van der Waals surface area contributed by atoms with Crippen molar-refractivity contribution in [3.8, 4) is 0 Å². The van der Waals surface area contributed by atoms with Crippen LogP contribution in [0.5, 0.6) is 0 Å². The van der Waals surface area contributed by atoms with Crippen LogP contribution in [0.1, 0.15) is 20.3 Å². The summed E-state index contributed by atoms with van der Waals surface area (Å²) in [4.78, 5) is 10.0. The summed E-state index contributed by atoms with van der Waals surface area (Å²) in [5.41, 5.74) is -0.204. The van der Waals surface area contributed by atoms with Crippen molar-refractivity contribution in [2.24, 2.45) is 5.92 Å². The normalized spacial score (nSPS) is 9.67. The molecule has 0 spiro atoms. The van der Waals surface area contributed by atoms with Gasteiger partial charge in [0.15, 0.2) is 0 Å². The second-order valence-electron chi connectivity index (χ2n) is 2.38. The highest BCUT2D eigenvalue weighted by Gasteiger charge is 2.07. The van der Waals surface area contributed by atoms with Gasteiger partial charge >= 0.3 is 5.97 Å². The van der Waals surface area contributed by atoms with Gasteiger partial charge < -0.3 is 5.11 Å². The molecule has 9 heavy (non-hydrogen) atoms. The molecule has 0 heterocycles. The first-order chi connectivity index (χ1) is 4.04. The fourth-order valence-electron chi connectivity index (χ4n) is 0.496. The second kappa shape index (κ2) is 3.22. The van der Waals surface area contributed by atoms with Crippen LogP contribution in [0.4, 0.5) is 0 Å². The maximum Gasteiger partial charge on any atom is 0.349 e. The molecule has 2 N–H and O–H groups in total. The van der Waals surface area contributed by atoms with Crippen molar-refractivity contribution in [2.75, 3.05) is 0 Å². The lowest BCUT2D eigenvalue weighted by Crippen LogP contribution is -2.13. The smallest absolute Gasteiger partial charge is 0.349 e. The molecule has 0 saturated heterocycles. The van der Waals surface area contributed by atoms with Crippen LogP contribution in [-0.4, -0.2) is 16.8 Å². The van der Waals surface area contributed by atoms with E-state index in [-0.39, 0.29) is 11.6 Å². The molecule has 3 nitrogen and oxygen atoms in total. The van der Waals surface area contributed by atoms with Gasteiger partial charge in [0.1, 0.15) is 5.71 Å². The van der Waals surface area contributed by atoms with E-state index in [0.717, 1.165) is 0 Å². The van der Waals surface area contributed by atoms with Gasteiger partial charge in [-0.15, -0.1) is 0 Å². The van der Waals surface area contributed by atoms with E-state index in [1.807, 2.05) is 13.8 Å². The molecule has 0 bridgehead atoms. The number of carboxylic acid groups (broad SMARTS) is 1. The van der Waals surface area contributed by atoms with E-state index in [0.29, 0.717) is 6.42 Å². The first-order valence-corrected chi connectivity index (χ1v) is 2.84. The van der Waals surface area contributed by atoms with Gasteiger partial charge in [-0.3, -0.25) is 5.41 Å². The molecule has 0 unspecified atom stereocenters. The molecule has 0 aliphatic heterocycles. The molecule has 0 aromatic rings. The fourth-order valence-corrected chi connectivity index (χ4v) is 0.496. The van der Waals surface area contributed by atoms with Crippen molar-refractivity contribution < 1.29 is 9.90 Å². The third-order valence-corrected chi connectivity index (χ3v) is 0.871. The van der Waals surface area contributed by atoms with E-state index >= 15 is 0 Å². The van der Waals surface area contributed by atoms with Crippen LogP contribution in [0.25, 0.3) is 0 Å². The van der Waals surface area contributed by atoms with Crippen molar-refractivity contribution in [3.05, 3.63) is 0 Å². The van der Waals surface area contributed by atoms with E-state index in [1.54, 1.807) is 0 Å². The summed E-state index contributed by atoms with van der Waals surface area (Å²) < 4.78 is 0. The molecule has 0 aromatic heterocycles. The van der Waals surface area contributed by atoms with Gasteiger partial charge in [0.05, 0.1) is 0 Å². The molecule has 0 aromatic carbocycles. The predicted molar refractivity (Wildman–Crippen MR) is 34.8 cm³/mol. The molecule has 0 aliphatic carbocycles. The van der Waals surface area contributed by atoms with Gasteiger partial charge in [-0.1, -0.05) is 13.8 Å². The highest BCUT2D eigenvalue weighted by Crippen LogP contribution is 1.99. The highest BCUT2D eigenvalue weighted by molar-refractivity contribution is 6.34. The Labute approximate surface area is 54.2 Å². The van der Waals surface area contributed by atoms with Crippen LogP contribution in [-0.2, 0) is 4.79 Å². The van der Waals surface area contributed by atoms with E-state index in [4.69, 9.17) is 10.5 Å². The average Bonchev–Trinajstić information content (AvgIpc) is 1.63. The van der Waals surface area contributed by atoms with Gasteiger partial charge in [0, 0.05) is 0 Å². The Hall–Kier alpha value is -0.860. The molecule has 0 saturated carbocycles. The molecule has 0 radical (unpaired) electrons. The van der Waals surface area contributed by atoms with Gasteiger partial charge in [-0.2, -0.15) is 0 Å². The molecular weight excluding hydrogens is 118 g/mol. The lowest BCUT2D eigenvalue weighted by atomic mass is 10.1. The Morgan fingerprint density at radius 3 is 2.22 bits per heavy atom. The van der Waals surface area contributed by atoms with Gasteiger partial charge in [-0.05, 0) is 12.3 Å². The molecule has 3 heteroatoms. The lowest BCUT2D eigenvalue weighted by molar-refractivity contribution is -0.129. The summed E-state index contributed by atoms with van der Waals surface area (Å²) >= 11 is 0. The minimum absolute atomic E-state index is 0.204. The van der Waals surface area contributed by atoms with Crippen molar-refractivity contribution in [1.29, 1.82) is 5.41 Å². The number of carbonyl (C=O) groups is 1. The number of carboxylic acids is 1. The largest absolute Gasteiger partial charge is 0.477 e. The van der Waals surface area contributed by atoms with Crippen LogP contribution in [0.2, 0.25) is 0 Å². The van der Waals surface area contributed by atoms with Crippen LogP contribution < -0.4 is 0 Å². The average molecular weight is 129 g/mol. The molecule has 0 atom stereocenters. The second-order valence-corrected chi connectivity index (χ2v) is 2.38. The summed E-state index contributed by atoms with van der Waals surface area (Å²) in [7, 11) is 0. The number of nitrogens with one attached hydrogen (secondary N) is 1. The Morgan fingerprint density at radius 1 is 1.67 bits per heavy atom. The standard InChI is InChI=1S/C6H11NO2/c1-4(2)3-5(7)6(8)9/h4,7H,3H2,1-2H3,(H,8,9). The van der Waals surface area contributed by atoms with Crippen LogP contribution in [0.15, 0.2) is 0 Å². The number of rotatable bonds is 3. The van der Waals surface area contributed by atoms with Crippen molar-refractivity contribution in [3.63, 3.8) is 0 Å². The maximum absolute atomic E-state index is 10.0. The molecule has 0 rings (SSSR count). The zero-order chi connectivity index (χ0) is 7.44. The Kier molecular flexibility index (Phi) is 2.91. The van der Waals surface area contributed by atoms with Crippen molar-refractivity contribution in [2.45, 2.75) is 20.3 Å². The third kappa shape index (κ3) is 3.70. The topological polar surface area (TPSA) is 61.2 Å². The van der Waals surface area contributed by atoms with E-state index < -0.39 is 5.97 Å². The Bertz CT molecular complexity index is 129. The van der Waals surface area contributed by atoms with Crippen LogP contribution in [0.3, 0.4) is 0 Å². The summed E-state index contributed by atoms with van der Waals surface area (Å²) in [6, 6.07) is 0. The number of hydrogen-bond donors (Lipinski definition) is 2. The lowest BCUT2D eigenvalue weighted by Gasteiger charge is -1.99. The first kappa shape index (κ1) is 8.14. The minimum Gasteiger partial charge on any atom is -0.477 e. The number of aliphatic carboxylic acids is 1. The van der Waals surface area contributed by atoms with E-state index in [2.05, 4.69) is 0 Å². The summed E-state index contributed by atoms with van der Waals surface area (Å²) in [5.74, 6) is -0.850. The summed E-state index contributed by atoms with van der Waals surface area (Å²) in [5, 5.41) is 15.1. The zero-order valence-electron chi connectivity index (χ0n) is 5.64. The molecule has 52 valence electrons. The molecule has 0 fully saturated rings. The Balaban J connectivity index is 3.65. The van der Waals surface area contributed by atoms with Crippen molar-refractivity contribution >= 4 is 11.7 Å². The van der Waals surface area contributed by atoms with E-state index in [1.165, 1.54) is 0 Å². The molecule has 0 amide bonds. The van der Waals surface area contributed by atoms with Gasteiger partial charge in [0.25, 0.3) is 0 Å². The monoisotopic (exact) mass is 129 g/mol. The van der Waals surface area contributed by atoms with Gasteiger partial charge in [0.2, 0.25) is 0 Å². The summed E-state index contributed by atoms with van der Waals surface area (Å²) in [6.07, 6.45) is 0.356. The third-order valence-electron chi connectivity index (χ3n) is 0.871. The highest BCUT2D eigenvalue weighted by atomic mass is 16.4.